The molecule has 1 saturated carbocycles. The zero-order chi connectivity index (χ0) is 23.1. The summed E-state index contributed by atoms with van der Waals surface area (Å²) in [6.45, 7) is 7.92. The van der Waals surface area contributed by atoms with E-state index in [1.54, 1.807) is 0 Å². The van der Waals surface area contributed by atoms with Crippen LogP contribution in [0.1, 0.15) is 56.2 Å². The summed E-state index contributed by atoms with van der Waals surface area (Å²) in [4.78, 5) is 16.2. The van der Waals surface area contributed by atoms with Crippen molar-refractivity contribution in [1.82, 2.24) is 0 Å². The van der Waals surface area contributed by atoms with E-state index in [0.29, 0.717) is 6.61 Å². The highest BCUT2D eigenvalue weighted by Gasteiger charge is 2.64. The van der Waals surface area contributed by atoms with Crippen molar-refractivity contribution in [3.8, 4) is 0 Å². The van der Waals surface area contributed by atoms with Crippen LogP contribution in [0, 0.1) is 0 Å². The largest absolute Gasteiger partial charge is 0.481 e. The molecular formula is C28H34N2O3. The minimum absolute atomic E-state index is 0.0607. The number of fused-ring (bicyclic) bond motifs is 5. The summed E-state index contributed by atoms with van der Waals surface area (Å²) in [5.41, 5.74) is 5.16. The van der Waals surface area contributed by atoms with Crippen LogP contribution in [0.4, 0.5) is 11.4 Å². The number of hydrogen-bond acceptors (Lipinski definition) is 4. The zero-order valence-corrected chi connectivity index (χ0v) is 19.7. The van der Waals surface area contributed by atoms with Crippen molar-refractivity contribution in [1.29, 1.82) is 0 Å². The van der Waals surface area contributed by atoms with Crippen molar-refractivity contribution < 1.29 is 14.6 Å². The van der Waals surface area contributed by atoms with Gasteiger partial charge in [-0.1, -0.05) is 43.2 Å². The van der Waals surface area contributed by atoms with Crippen LogP contribution < -0.4 is 9.80 Å². The fourth-order valence-corrected chi connectivity index (χ4v) is 6.44. The van der Waals surface area contributed by atoms with E-state index in [-0.39, 0.29) is 11.8 Å². The van der Waals surface area contributed by atoms with Gasteiger partial charge in [0.2, 0.25) is 0 Å². The second-order valence-corrected chi connectivity index (χ2v) is 9.51. The molecule has 1 saturated heterocycles. The van der Waals surface area contributed by atoms with Crippen molar-refractivity contribution in [2.24, 2.45) is 0 Å². The third kappa shape index (κ3) is 3.45. The van der Waals surface area contributed by atoms with Gasteiger partial charge in [0, 0.05) is 36.4 Å². The van der Waals surface area contributed by atoms with E-state index in [1.165, 1.54) is 35.3 Å². The average molecular weight is 447 g/mol. The van der Waals surface area contributed by atoms with Gasteiger partial charge in [0.1, 0.15) is 0 Å². The highest BCUT2D eigenvalue weighted by molar-refractivity contribution is 5.75. The summed E-state index contributed by atoms with van der Waals surface area (Å²) in [6.07, 6.45) is 9.07. The van der Waals surface area contributed by atoms with E-state index in [2.05, 4.69) is 72.2 Å². The van der Waals surface area contributed by atoms with Gasteiger partial charge in [0.15, 0.2) is 5.72 Å². The summed E-state index contributed by atoms with van der Waals surface area (Å²) in [6, 6.07) is 15.0. The number of ether oxygens (including phenoxy) is 1. The molecule has 2 heterocycles. The minimum Gasteiger partial charge on any atom is -0.481 e. The monoisotopic (exact) mass is 446 g/mol. The quantitative estimate of drug-likeness (QED) is 0.631. The molecule has 1 spiro atoms. The molecule has 0 amide bonds. The zero-order valence-electron chi connectivity index (χ0n) is 19.7. The van der Waals surface area contributed by atoms with Gasteiger partial charge < -0.3 is 19.6 Å². The Labute approximate surface area is 196 Å². The first-order valence-electron chi connectivity index (χ1n) is 12.3. The van der Waals surface area contributed by atoms with E-state index in [4.69, 9.17) is 4.74 Å². The standard InChI is InChI=1S/C28H34N2O3/c1-3-29(4-2)23-9-7-8-21(18-23)12-15-28-27(13-5-6-14-27)24-19-22(20-26(31)32)10-11-25(24)30(28)16-17-33-28/h7-12,15,18-19H,3-6,13-14,16-17,20H2,1-2H3,(H,31,32). The molecule has 1 atom stereocenters. The maximum absolute atomic E-state index is 11.4. The summed E-state index contributed by atoms with van der Waals surface area (Å²) in [5, 5.41) is 9.34. The van der Waals surface area contributed by atoms with Crippen LogP contribution in [0.5, 0.6) is 0 Å². The lowest BCUT2D eigenvalue weighted by Gasteiger charge is -2.42. The molecular weight excluding hydrogens is 412 g/mol. The third-order valence-corrected chi connectivity index (χ3v) is 7.90. The number of aliphatic carboxylic acids is 1. The summed E-state index contributed by atoms with van der Waals surface area (Å²) >= 11 is 0. The van der Waals surface area contributed by atoms with Gasteiger partial charge in [-0.25, -0.2) is 0 Å². The highest BCUT2D eigenvalue weighted by Crippen LogP contribution is 2.62. The fourth-order valence-electron chi connectivity index (χ4n) is 6.44. The second kappa shape index (κ2) is 8.53. The summed E-state index contributed by atoms with van der Waals surface area (Å²) < 4.78 is 6.66. The number of carboxylic acids is 1. The number of anilines is 2. The number of hydrogen-bond donors (Lipinski definition) is 1. The molecule has 0 radical (unpaired) electrons. The summed E-state index contributed by atoms with van der Waals surface area (Å²) in [5.74, 6) is -0.784. The Balaban J connectivity index is 1.56. The van der Waals surface area contributed by atoms with Gasteiger partial charge >= 0.3 is 5.97 Å². The molecule has 0 bridgehead atoms. The molecule has 3 aliphatic rings. The second-order valence-electron chi connectivity index (χ2n) is 9.51. The summed E-state index contributed by atoms with van der Waals surface area (Å²) in [7, 11) is 0. The lowest BCUT2D eigenvalue weighted by Crippen LogP contribution is -2.53. The van der Waals surface area contributed by atoms with Crippen LogP contribution in [0.2, 0.25) is 0 Å². The number of rotatable bonds is 7. The normalized spacial score (nSPS) is 22.8. The molecule has 2 aromatic rings. The minimum atomic E-state index is -0.784. The van der Waals surface area contributed by atoms with Gasteiger partial charge in [-0.05, 0) is 67.7 Å². The molecule has 5 nitrogen and oxygen atoms in total. The topological polar surface area (TPSA) is 53.0 Å². The maximum atomic E-state index is 11.4. The molecule has 174 valence electrons. The highest BCUT2D eigenvalue weighted by atomic mass is 16.5. The van der Waals surface area contributed by atoms with Crippen molar-refractivity contribution in [3.63, 3.8) is 0 Å². The smallest absolute Gasteiger partial charge is 0.307 e. The van der Waals surface area contributed by atoms with E-state index >= 15 is 0 Å². The van der Waals surface area contributed by atoms with Crippen LogP contribution >= 0.6 is 0 Å². The van der Waals surface area contributed by atoms with E-state index in [1.807, 2.05) is 6.07 Å². The fraction of sp³-hybridized carbons (Fsp3) is 0.464. The number of carboxylic acid groups (broad SMARTS) is 1. The SMILES string of the molecule is CCN(CC)c1cccc(C=CC23OCCN2c2ccc(CC(=O)O)cc2C32CCCC2)c1. The molecule has 5 rings (SSSR count). The van der Waals surface area contributed by atoms with Crippen molar-refractivity contribution in [2.75, 3.05) is 36.0 Å². The van der Waals surface area contributed by atoms with Gasteiger partial charge in [-0.3, -0.25) is 4.79 Å². The molecule has 2 aromatic carbocycles. The van der Waals surface area contributed by atoms with Gasteiger partial charge in [0.25, 0.3) is 0 Å². The molecule has 0 aromatic heterocycles. The Bertz CT molecular complexity index is 1070. The van der Waals surface area contributed by atoms with Crippen LogP contribution in [-0.4, -0.2) is 43.0 Å². The Hall–Kier alpha value is -2.79. The molecule has 33 heavy (non-hydrogen) atoms. The van der Waals surface area contributed by atoms with E-state index < -0.39 is 11.7 Å². The Kier molecular flexibility index (Phi) is 5.69. The molecule has 1 unspecified atom stereocenters. The first kappa shape index (κ1) is 22.0. The molecule has 2 aliphatic heterocycles. The number of carbonyl (C=O) groups is 1. The van der Waals surface area contributed by atoms with Crippen LogP contribution in [-0.2, 0) is 21.4 Å². The predicted octanol–water partition coefficient (Wildman–Crippen LogP) is 5.23. The predicted molar refractivity (Wildman–Crippen MR) is 133 cm³/mol. The average Bonchev–Trinajstić information content (AvgIpc) is 3.51. The molecule has 1 N–H and O–H groups in total. The number of benzene rings is 2. The van der Waals surface area contributed by atoms with Crippen LogP contribution in [0.3, 0.4) is 0 Å². The van der Waals surface area contributed by atoms with Crippen LogP contribution in [0.15, 0.2) is 48.5 Å². The maximum Gasteiger partial charge on any atom is 0.307 e. The Morgan fingerprint density at radius 2 is 1.94 bits per heavy atom. The van der Waals surface area contributed by atoms with Gasteiger partial charge in [0.05, 0.1) is 13.0 Å². The van der Waals surface area contributed by atoms with Crippen molar-refractivity contribution in [2.45, 2.75) is 57.1 Å². The van der Waals surface area contributed by atoms with E-state index in [0.717, 1.165) is 38.0 Å². The van der Waals surface area contributed by atoms with Gasteiger partial charge in [-0.15, -0.1) is 0 Å². The van der Waals surface area contributed by atoms with Crippen molar-refractivity contribution >= 4 is 23.4 Å². The third-order valence-electron chi connectivity index (χ3n) is 7.90. The number of nitrogens with zero attached hydrogens (tertiary/aromatic N) is 2. The molecule has 1 aliphatic carbocycles. The molecule has 5 heteroatoms. The lowest BCUT2D eigenvalue weighted by molar-refractivity contribution is -0.136. The van der Waals surface area contributed by atoms with E-state index in [9.17, 15) is 9.90 Å². The van der Waals surface area contributed by atoms with Gasteiger partial charge in [-0.2, -0.15) is 0 Å². The Morgan fingerprint density at radius 3 is 2.67 bits per heavy atom. The van der Waals surface area contributed by atoms with Crippen LogP contribution in [0.25, 0.3) is 6.08 Å². The Morgan fingerprint density at radius 1 is 1.15 bits per heavy atom. The first-order chi connectivity index (χ1) is 16.0. The lowest BCUT2D eigenvalue weighted by atomic mass is 9.72. The first-order valence-corrected chi connectivity index (χ1v) is 12.3. The van der Waals surface area contributed by atoms with Crippen molar-refractivity contribution in [3.05, 3.63) is 65.2 Å². The molecule has 2 fully saturated rings.